The Kier molecular flexibility index (Phi) is 4.41. The van der Waals surface area contributed by atoms with Crippen LogP contribution in [0.1, 0.15) is 38.2 Å². The van der Waals surface area contributed by atoms with Gasteiger partial charge >= 0.3 is 0 Å². The molecule has 2 aliphatic rings. The first-order chi connectivity index (χ1) is 11.0. The van der Waals surface area contributed by atoms with Crippen LogP contribution in [0.4, 0.5) is 0 Å². The van der Waals surface area contributed by atoms with Gasteiger partial charge in [0.2, 0.25) is 11.8 Å². The third-order valence-corrected chi connectivity index (χ3v) is 4.95. The third kappa shape index (κ3) is 3.12. The standard InChI is InChI=1S/C17H26N4O2/c1-11(2)8-15-16(22)18-6-7-20(15)17(23)13-4-5-14-9-19-12(3)21(14)10-13/h9,11,13,15H,4-8,10H2,1-3H3,(H,18,22)/t13-,15+/m0/s1. The summed E-state index contributed by atoms with van der Waals surface area (Å²) in [5.74, 6) is 1.43. The van der Waals surface area contributed by atoms with E-state index in [2.05, 4.69) is 28.7 Å². The highest BCUT2D eigenvalue weighted by Crippen LogP contribution is 2.25. The quantitative estimate of drug-likeness (QED) is 0.908. The van der Waals surface area contributed by atoms with Crippen molar-refractivity contribution in [1.29, 1.82) is 0 Å². The number of fused-ring (bicyclic) bond motifs is 1. The summed E-state index contributed by atoms with van der Waals surface area (Å²) in [6.07, 6.45) is 4.36. The van der Waals surface area contributed by atoms with Gasteiger partial charge in [-0.2, -0.15) is 0 Å². The zero-order valence-corrected chi connectivity index (χ0v) is 14.2. The fourth-order valence-corrected chi connectivity index (χ4v) is 3.69. The minimum atomic E-state index is -0.318. The molecule has 2 atom stereocenters. The molecule has 2 aliphatic heterocycles. The number of aromatic nitrogens is 2. The zero-order valence-electron chi connectivity index (χ0n) is 14.2. The minimum Gasteiger partial charge on any atom is -0.353 e. The van der Waals surface area contributed by atoms with Crippen molar-refractivity contribution in [2.75, 3.05) is 13.1 Å². The molecule has 0 aromatic carbocycles. The first kappa shape index (κ1) is 16.0. The van der Waals surface area contributed by atoms with Crippen LogP contribution in [0.15, 0.2) is 6.20 Å². The number of piperazine rings is 1. The molecule has 0 aliphatic carbocycles. The number of imidazole rings is 1. The molecule has 0 unspecified atom stereocenters. The number of carbonyl (C=O) groups is 2. The van der Waals surface area contributed by atoms with Gasteiger partial charge in [-0.1, -0.05) is 13.8 Å². The van der Waals surface area contributed by atoms with E-state index in [0.29, 0.717) is 25.6 Å². The summed E-state index contributed by atoms with van der Waals surface area (Å²) in [7, 11) is 0. The number of amides is 2. The maximum atomic E-state index is 13.0. The number of nitrogens with one attached hydrogen (secondary N) is 1. The molecule has 1 N–H and O–H groups in total. The molecule has 0 saturated carbocycles. The van der Waals surface area contributed by atoms with E-state index in [-0.39, 0.29) is 23.8 Å². The molecule has 1 fully saturated rings. The van der Waals surface area contributed by atoms with Crippen LogP contribution >= 0.6 is 0 Å². The summed E-state index contributed by atoms with van der Waals surface area (Å²) < 4.78 is 2.15. The fraction of sp³-hybridized carbons (Fsp3) is 0.706. The van der Waals surface area contributed by atoms with Crippen LogP contribution in [-0.4, -0.2) is 45.4 Å². The summed E-state index contributed by atoms with van der Waals surface area (Å²) in [6.45, 7) is 8.02. The van der Waals surface area contributed by atoms with Crippen molar-refractivity contribution < 1.29 is 9.59 Å². The molecule has 6 nitrogen and oxygen atoms in total. The predicted molar refractivity (Wildman–Crippen MR) is 86.7 cm³/mol. The third-order valence-electron chi connectivity index (χ3n) is 4.95. The second-order valence-corrected chi connectivity index (χ2v) is 7.11. The number of hydrogen-bond donors (Lipinski definition) is 1. The van der Waals surface area contributed by atoms with E-state index in [1.807, 2.05) is 18.0 Å². The normalized spacial score (nSPS) is 24.5. The highest BCUT2D eigenvalue weighted by Gasteiger charge is 2.37. The molecule has 1 aromatic heterocycles. The summed E-state index contributed by atoms with van der Waals surface area (Å²) in [6, 6.07) is -0.318. The van der Waals surface area contributed by atoms with Crippen LogP contribution < -0.4 is 5.32 Å². The van der Waals surface area contributed by atoms with Gasteiger partial charge in [0, 0.05) is 31.5 Å². The lowest BCUT2D eigenvalue weighted by Gasteiger charge is -2.39. The SMILES string of the molecule is Cc1ncc2n1C[C@@H](C(=O)N1CCNC(=O)[C@H]1CC(C)C)CC2. The molecule has 23 heavy (non-hydrogen) atoms. The van der Waals surface area contributed by atoms with E-state index < -0.39 is 0 Å². The Hall–Kier alpha value is -1.85. The fourth-order valence-electron chi connectivity index (χ4n) is 3.69. The van der Waals surface area contributed by atoms with Crippen LogP contribution in [0.3, 0.4) is 0 Å². The van der Waals surface area contributed by atoms with Crippen molar-refractivity contribution >= 4 is 11.8 Å². The summed E-state index contributed by atoms with van der Waals surface area (Å²) >= 11 is 0. The number of carbonyl (C=O) groups excluding carboxylic acids is 2. The van der Waals surface area contributed by atoms with Gasteiger partial charge in [0.05, 0.1) is 5.92 Å². The average Bonchev–Trinajstić information content (AvgIpc) is 2.89. The monoisotopic (exact) mass is 318 g/mol. The van der Waals surface area contributed by atoms with Gasteiger partial charge in [-0.15, -0.1) is 0 Å². The number of aryl methyl sites for hydroxylation is 2. The molecule has 2 amide bonds. The Morgan fingerprint density at radius 1 is 1.48 bits per heavy atom. The number of hydrogen-bond acceptors (Lipinski definition) is 3. The molecular formula is C17H26N4O2. The Labute approximate surface area is 137 Å². The minimum absolute atomic E-state index is 0.00592. The van der Waals surface area contributed by atoms with Gasteiger partial charge < -0.3 is 14.8 Å². The molecule has 3 rings (SSSR count). The lowest BCUT2D eigenvalue weighted by molar-refractivity contribution is -0.147. The van der Waals surface area contributed by atoms with Gasteiger partial charge in [0.25, 0.3) is 0 Å². The molecule has 1 aromatic rings. The van der Waals surface area contributed by atoms with E-state index in [1.54, 1.807) is 0 Å². The topological polar surface area (TPSA) is 67.2 Å². The van der Waals surface area contributed by atoms with E-state index in [0.717, 1.165) is 25.1 Å². The molecular weight excluding hydrogens is 292 g/mol. The van der Waals surface area contributed by atoms with Gasteiger partial charge in [-0.05, 0) is 32.1 Å². The smallest absolute Gasteiger partial charge is 0.242 e. The maximum Gasteiger partial charge on any atom is 0.242 e. The van der Waals surface area contributed by atoms with Crippen molar-refractivity contribution in [2.24, 2.45) is 11.8 Å². The van der Waals surface area contributed by atoms with Gasteiger partial charge in [-0.25, -0.2) is 4.98 Å². The second-order valence-electron chi connectivity index (χ2n) is 7.11. The summed E-state index contributed by atoms with van der Waals surface area (Å²) in [5, 5.41) is 2.90. The molecule has 126 valence electrons. The molecule has 6 heteroatoms. The molecule has 0 bridgehead atoms. The van der Waals surface area contributed by atoms with Crippen LogP contribution in [0.25, 0.3) is 0 Å². The largest absolute Gasteiger partial charge is 0.353 e. The number of nitrogens with zero attached hydrogens (tertiary/aromatic N) is 3. The Morgan fingerprint density at radius 2 is 2.26 bits per heavy atom. The van der Waals surface area contributed by atoms with E-state index in [1.165, 1.54) is 5.69 Å². The lowest BCUT2D eigenvalue weighted by atomic mass is 9.93. The van der Waals surface area contributed by atoms with Crippen LogP contribution in [0.5, 0.6) is 0 Å². The molecule has 1 saturated heterocycles. The first-order valence-corrected chi connectivity index (χ1v) is 8.56. The van der Waals surface area contributed by atoms with Crippen molar-refractivity contribution in [3.05, 3.63) is 17.7 Å². The molecule has 0 radical (unpaired) electrons. The van der Waals surface area contributed by atoms with Crippen LogP contribution in [-0.2, 0) is 22.6 Å². The van der Waals surface area contributed by atoms with E-state index >= 15 is 0 Å². The van der Waals surface area contributed by atoms with E-state index in [4.69, 9.17) is 0 Å². The van der Waals surface area contributed by atoms with Crippen molar-refractivity contribution in [3.8, 4) is 0 Å². The Bertz CT molecular complexity index is 608. The first-order valence-electron chi connectivity index (χ1n) is 8.56. The predicted octanol–water partition coefficient (Wildman–Crippen LogP) is 1.13. The number of rotatable bonds is 3. The highest BCUT2D eigenvalue weighted by molar-refractivity contribution is 5.89. The van der Waals surface area contributed by atoms with Crippen LogP contribution in [0, 0.1) is 18.8 Å². The highest BCUT2D eigenvalue weighted by atomic mass is 16.2. The Balaban J connectivity index is 1.76. The van der Waals surface area contributed by atoms with Gasteiger partial charge in [-0.3, -0.25) is 9.59 Å². The zero-order chi connectivity index (χ0) is 16.6. The second kappa shape index (κ2) is 6.34. The van der Waals surface area contributed by atoms with Crippen LogP contribution in [0.2, 0.25) is 0 Å². The van der Waals surface area contributed by atoms with Gasteiger partial charge in [0.1, 0.15) is 11.9 Å². The van der Waals surface area contributed by atoms with Crippen molar-refractivity contribution in [1.82, 2.24) is 19.8 Å². The summed E-state index contributed by atoms with van der Waals surface area (Å²) in [5.41, 5.74) is 1.21. The Morgan fingerprint density at radius 3 is 3.00 bits per heavy atom. The summed E-state index contributed by atoms with van der Waals surface area (Å²) in [4.78, 5) is 31.4. The van der Waals surface area contributed by atoms with E-state index in [9.17, 15) is 9.59 Å². The van der Waals surface area contributed by atoms with Crippen molar-refractivity contribution in [3.63, 3.8) is 0 Å². The maximum absolute atomic E-state index is 13.0. The molecule has 0 spiro atoms. The van der Waals surface area contributed by atoms with Gasteiger partial charge in [0.15, 0.2) is 0 Å². The molecule has 3 heterocycles. The average molecular weight is 318 g/mol. The van der Waals surface area contributed by atoms with Crippen molar-refractivity contribution in [2.45, 2.75) is 52.6 Å². The lowest BCUT2D eigenvalue weighted by Crippen LogP contribution is -2.59.